The van der Waals surface area contributed by atoms with Crippen LogP contribution in [-0.4, -0.2) is 21.9 Å². The molecule has 1 amide bonds. The molecular formula is C28H23N3O2. The monoisotopic (exact) mass is 433 g/mol. The molecule has 0 fully saturated rings. The van der Waals surface area contributed by atoms with Crippen LogP contribution in [0.2, 0.25) is 0 Å². The quantitative estimate of drug-likeness (QED) is 0.358. The second kappa shape index (κ2) is 9.01. The molecule has 0 aliphatic carbocycles. The minimum Gasteiger partial charge on any atom is -0.484 e. The zero-order valence-corrected chi connectivity index (χ0v) is 18.2. The molecular weight excluding hydrogens is 410 g/mol. The zero-order chi connectivity index (χ0) is 22.6. The Morgan fingerprint density at radius 2 is 1.48 bits per heavy atom. The molecule has 0 bridgehead atoms. The number of aromatic nitrogens is 2. The minimum atomic E-state index is -0.233. The van der Waals surface area contributed by atoms with Crippen molar-refractivity contribution in [2.75, 3.05) is 11.9 Å². The third-order valence-electron chi connectivity index (χ3n) is 5.36. The molecule has 162 valence electrons. The van der Waals surface area contributed by atoms with Crippen LogP contribution in [0.15, 0.2) is 103 Å². The van der Waals surface area contributed by atoms with E-state index in [0.717, 1.165) is 22.4 Å². The van der Waals surface area contributed by atoms with Crippen molar-refractivity contribution < 1.29 is 9.53 Å². The number of fused-ring (bicyclic) bond motifs is 1. The van der Waals surface area contributed by atoms with Crippen molar-refractivity contribution in [2.45, 2.75) is 6.92 Å². The first-order valence-corrected chi connectivity index (χ1v) is 10.8. The number of benzene rings is 3. The number of anilines is 1. The predicted molar refractivity (Wildman–Crippen MR) is 131 cm³/mol. The number of aryl methyl sites for hydroxylation is 1. The van der Waals surface area contributed by atoms with Crippen molar-refractivity contribution in [3.8, 4) is 28.1 Å². The van der Waals surface area contributed by atoms with E-state index in [1.165, 1.54) is 5.56 Å². The fourth-order valence-corrected chi connectivity index (χ4v) is 3.79. The highest BCUT2D eigenvalue weighted by Gasteiger charge is 2.12. The molecule has 0 aliphatic rings. The van der Waals surface area contributed by atoms with Crippen LogP contribution in [0.3, 0.4) is 0 Å². The van der Waals surface area contributed by atoms with Gasteiger partial charge >= 0.3 is 0 Å². The number of hydrogen-bond acceptors (Lipinski definition) is 3. The van der Waals surface area contributed by atoms with Crippen LogP contribution in [0.4, 0.5) is 5.69 Å². The number of carbonyl (C=O) groups excluding carboxylic acids is 1. The molecule has 0 saturated carbocycles. The lowest BCUT2D eigenvalue weighted by atomic mass is 10.0. The number of amides is 1. The van der Waals surface area contributed by atoms with Gasteiger partial charge in [-0.05, 0) is 41.8 Å². The third-order valence-corrected chi connectivity index (χ3v) is 5.36. The van der Waals surface area contributed by atoms with Gasteiger partial charge in [0.1, 0.15) is 5.75 Å². The standard InChI is InChI=1S/C28H23N3O2/c1-20-16-25(29-27(32)19-33-24-10-6-3-7-11-24)28-30-26(18-31(28)17-20)23-14-12-22(13-15-23)21-8-4-2-5-9-21/h2-18H,19H2,1H3,(H,29,32). The molecule has 0 aliphatic heterocycles. The number of nitrogens with zero attached hydrogens (tertiary/aromatic N) is 2. The number of carbonyl (C=O) groups is 1. The molecule has 0 unspecified atom stereocenters. The van der Waals surface area contributed by atoms with Crippen molar-refractivity contribution in [1.29, 1.82) is 0 Å². The molecule has 33 heavy (non-hydrogen) atoms. The molecule has 0 radical (unpaired) electrons. The maximum absolute atomic E-state index is 12.5. The summed E-state index contributed by atoms with van der Waals surface area (Å²) in [5.74, 6) is 0.423. The van der Waals surface area contributed by atoms with E-state index in [0.29, 0.717) is 17.1 Å². The average molecular weight is 434 g/mol. The van der Waals surface area contributed by atoms with Crippen LogP contribution >= 0.6 is 0 Å². The molecule has 1 N–H and O–H groups in total. The van der Waals surface area contributed by atoms with Gasteiger partial charge < -0.3 is 14.5 Å². The first kappa shape index (κ1) is 20.5. The smallest absolute Gasteiger partial charge is 0.262 e. The van der Waals surface area contributed by atoms with Crippen LogP contribution in [-0.2, 0) is 4.79 Å². The largest absolute Gasteiger partial charge is 0.484 e. The van der Waals surface area contributed by atoms with E-state index in [2.05, 4.69) is 41.7 Å². The number of pyridine rings is 1. The maximum atomic E-state index is 12.5. The van der Waals surface area contributed by atoms with Crippen molar-refractivity contribution in [3.63, 3.8) is 0 Å². The van der Waals surface area contributed by atoms with Gasteiger partial charge in [-0.25, -0.2) is 4.98 Å². The lowest BCUT2D eigenvalue weighted by Crippen LogP contribution is -2.20. The van der Waals surface area contributed by atoms with Crippen LogP contribution in [0.5, 0.6) is 5.75 Å². The Labute approximate surface area is 192 Å². The van der Waals surface area contributed by atoms with Gasteiger partial charge in [-0.15, -0.1) is 0 Å². The average Bonchev–Trinajstić information content (AvgIpc) is 3.28. The van der Waals surface area contributed by atoms with Gasteiger partial charge in [-0.1, -0.05) is 72.8 Å². The molecule has 2 heterocycles. The summed E-state index contributed by atoms with van der Waals surface area (Å²) in [7, 11) is 0. The molecule has 5 rings (SSSR count). The second-order valence-electron chi connectivity index (χ2n) is 7.88. The molecule has 5 nitrogen and oxygen atoms in total. The van der Waals surface area contributed by atoms with Crippen molar-refractivity contribution in [2.24, 2.45) is 0 Å². The molecule has 5 heteroatoms. The van der Waals surface area contributed by atoms with Crippen molar-refractivity contribution in [1.82, 2.24) is 9.38 Å². The molecule has 0 atom stereocenters. The molecule has 0 saturated heterocycles. The van der Waals surface area contributed by atoms with Gasteiger partial charge in [0.05, 0.1) is 11.4 Å². The number of rotatable bonds is 6. The van der Waals surface area contributed by atoms with Crippen molar-refractivity contribution in [3.05, 3.63) is 109 Å². The van der Waals surface area contributed by atoms with Crippen LogP contribution in [0.1, 0.15) is 5.56 Å². The summed E-state index contributed by atoms with van der Waals surface area (Å²) in [5, 5.41) is 2.94. The fourth-order valence-electron chi connectivity index (χ4n) is 3.79. The van der Waals surface area contributed by atoms with E-state index < -0.39 is 0 Å². The fraction of sp³-hybridized carbons (Fsp3) is 0.0714. The van der Waals surface area contributed by atoms with E-state index >= 15 is 0 Å². The van der Waals surface area contributed by atoms with E-state index in [1.807, 2.05) is 78.3 Å². The topological polar surface area (TPSA) is 55.6 Å². The van der Waals surface area contributed by atoms with E-state index in [4.69, 9.17) is 9.72 Å². The van der Waals surface area contributed by atoms with Crippen LogP contribution < -0.4 is 10.1 Å². The highest BCUT2D eigenvalue weighted by atomic mass is 16.5. The lowest BCUT2D eigenvalue weighted by Gasteiger charge is -2.09. The number of imidazole rings is 1. The Kier molecular flexibility index (Phi) is 5.60. The molecule has 5 aromatic rings. The van der Waals surface area contributed by atoms with Gasteiger partial charge in [0.15, 0.2) is 12.3 Å². The SMILES string of the molecule is Cc1cc(NC(=O)COc2ccccc2)c2nc(-c3ccc(-c4ccccc4)cc3)cn2c1. The first-order chi connectivity index (χ1) is 16.2. The Hall–Kier alpha value is -4.38. The number of hydrogen-bond donors (Lipinski definition) is 1. The van der Waals surface area contributed by atoms with Crippen molar-refractivity contribution >= 4 is 17.2 Å². The molecule has 3 aromatic carbocycles. The number of para-hydroxylation sites is 1. The normalized spacial score (nSPS) is 10.8. The van der Waals surface area contributed by atoms with Gasteiger partial charge in [-0.3, -0.25) is 4.79 Å². The Morgan fingerprint density at radius 1 is 0.848 bits per heavy atom. The van der Waals surface area contributed by atoms with Gasteiger partial charge in [0.2, 0.25) is 0 Å². The summed E-state index contributed by atoms with van der Waals surface area (Å²) in [6.45, 7) is 1.92. The Balaban J connectivity index is 1.38. The lowest BCUT2D eigenvalue weighted by molar-refractivity contribution is -0.118. The Morgan fingerprint density at radius 3 is 2.21 bits per heavy atom. The van der Waals surface area contributed by atoms with Crippen LogP contribution in [0.25, 0.3) is 28.0 Å². The summed E-state index contributed by atoms with van der Waals surface area (Å²) in [5.41, 5.74) is 6.56. The van der Waals surface area contributed by atoms with Gasteiger partial charge in [0.25, 0.3) is 5.91 Å². The maximum Gasteiger partial charge on any atom is 0.262 e. The second-order valence-corrected chi connectivity index (χ2v) is 7.88. The number of nitrogens with one attached hydrogen (secondary N) is 1. The highest BCUT2D eigenvalue weighted by Crippen LogP contribution is 2.27. The Bertz CT molecular complexity index is 1390. The van der Waals surface area contributed by atoms with E-state index in [1.54, 1.807) is 0 Å². The minimum absolute atomic E-state index is 0.0708. The summed E-state index contributed by atoms with van der Waals surface area (Å²) < 4.78 is 7.51. The summed E-state index contributed by atoms with van der Waals surface area (Å²) in [6, 6.07) is 29.8. The van der Waals surface area contributed by atoms with Crippen LogP contribution in [0, 0.1) is 6.92 Å². The van der Waals surface area contributed by atoms with E-state index in [-0.39, 0.29) is 12.5 Å². The summed E-state index contributed by atoms with van der Waals surface area (Å²) >= 11 is 0. The van der Waals surface area contributed by atoms with E-state index in [9.17, 15) is 4.79 Å². The third kappa shape index (κ3) is 4.62. The first-order valence-electron chi connectivity index (χ1n) is 10.8. The summed E-state index contributed by atoms with van der Waals surface area (Å²) in [4.78, 5) is 17.3. The zero-order valence-electron chi connectivity index (χ0n) is 18.2. The summed E-state index contributed by atoms with van der Waals surface area (Å²) in [6.07, 6.45) is 3.98. The van der Waals surface area contributed by atoms with Gasteiger partial charge in [0, 0.05) is 18.0 Å². The van der Waals surface area contributed by atoms with Gasteiger partial charge in [-0.2, -0.15) is 0 Å². The molecule has 0 spiro atoms. The highest BCUT2D eigenvalue weighted by molar-refractivity contribution is 5.95. The number of ether oxygens (including phenoxy) is 1. The molecule has 2 aromatic heterocycles. The predicted octanol–water partition coefficient (Wildman–Crippen LogP) is 5.99.